The lowest BCUT2D eigenvalue weighted by Gasteiger charge is -2.22. The summed E-state index contributed by atoms with van der Waals surface area (Å²) in [5.41, 5.74) is 4.75. The number of amides is 2. The van der Waals surface area contributed by atoms with Gasteiger partial charge in [0.1, 0.15) is 24.0 Å². The number of hydrazone groups is 1. The van der Waals surface area contributed by atoms with Crippen molar-refractivity contribution < 1.29 is 23.8 Å². The fourth-order valence-electron chi connectivity index (χ4n) is 3.32. The highest BCUT2D eigenvalue weighted by molar-refractivity contribution is 5.87. The Morgan fingerprint density at radius 2 is 1.67 bits per heavy atom. The average molecular weight is 529 g/mol. The van der Waals surface area contributed by atoms with Gasteiger partial charge < -0.3 is 19.5 Å². The number of nitrogens with one attached hydrogen (secondary N) is 2. The fraction of sp³-hybridized carbons (Fsp3) is 0.267. The van der Waals surface area contributed by atoms with Crippen molar-refractivity contribution in [3.8, 4) is 11.8 Å². The number of alkyl carbamates (subject to hydrolysis) is 1. The Labute approximate surface area is 228 Å². The van der Waals surface area contributed by atoms with Crippen LogP contribution in [0.2, 0.25) is 0 Å². The van der Waals surface area contributed by atoms with Crippen LogP contribution in [0.3, 0.4) is 0 Å². The van der Waals surface area contributed by atoms with E-state index in [9.17, 15) is 14.9 Å². The lowest BCUT2D eigenvalue weighted by molar-refractivity contribution is -0.124. The smallest absolute Gasteiger partial charge is 0.408 e. The van der Waals surface area contributed by atoms with Gasteiger partial charge in [-0.1, -0.05) is 48.5 Å². The maximum Gasteiger partial charge on any atom is 0.408 e. The minimum absolute atomic E-state index is 0.0730. The van der Waals surface area contributed by atoms with Crippen molar-refractivity contribution in [1.29, 1.82) is 5.26 Å². The molecule has 0 heterocycles. The molecule has 0 bridgehead atoms. The van der Waals surface area contributed by atoms with Crippen molar-refractivity contribution in [2.24, 2.45) is 5.10 Å². The first-order valence-electron chi connectivity index (χ1n) is 12.4. The van der Waals surface area contributed by atoms with E-state index in [4.69, 9.17) is 14.2 Å². The third kappa shape index (κ3) is 10.3. The van der Waals surface area contributed by atoms with Gasteiger partial charge in [-0.3, -0.25) is 4.79 Å². The van der Waals surface area contributed by atoms with Crippen LogP contribution in [0, 0.1) is 11.3 Å². The summed E-state index contributed by atoms with van der Waals surface area (Å²) >= 11 is 0. The van der Waals surface area contributed by atoms with Crippen LogP contribution in [-0.2, 0) is 27.5 Å². The predicted molar refractivity (Wildman–Crippen MR) is 147 cm³/mol. The molecule has 0 spiro atoms. The Morgan fingerprint density at radius 3 is 2.36 bits per heavy atom. The summed E-state index contributed by atoms with van der Waals surface area (Å²) in [6.45, 7) is 5.68. The lowest BCUT2D eigenvalue weighted by atomic mass is 10.1. The monoisotopic (exact) mass is 528 g/mol. The molecule has 0 aliphatic heterocycles. The van der Waals surface area contributed by atoms with Gasteiger partial charge in [-0.25, -0.2) is 10.2 Å². The zero-order chi connectivity index (χ0) is 28.1. The molecule has 0 radical (unpaired) electrons. The molecule has 0 saturated carbocycles. The van der Waals surface area contributed by atoms with Crippen molar-refractivity contribution in [3.63, 3.8) is 0 Å². The first kappa shape index (κ1) is 28.9. The Bertz CT molecular complexity index is 1300. The van der Waals surface area contributed by atoms with E-state index in [0.717, 1.165) is 16.7 Å². The molecule has 9 heteroatoms. The van der Waals surface area contributed by atoms with Gasteiger partial charge in [0.2, 0.25) is 0 Å². The van der Waals surface area contributed by atoms with E-state index >= 15 is 0 Å². The maximum atomic E-state index is 12.8. The molecule has 2 amide bonds. The lowest BCUT2D eigenvalue weighted by Crippen LogP contribution is -2.49. The second-order valence-electron chi connectivity index (χ2n) is 9.56. The normalized spacial score (nSPS) is 11.8. The summed E-state index contributed by atoms with van der Waals surface area (Å²) in [5.74, 6) is 0.0717. The number of nitriles is 1. The van der Waals surface area contributed by atoms with Gasteiger partial charge in [-0.2, -0.15) is 10.4 Å². The molecule has 2 N–H and O–H groups in total. The number of ether oxygens (including phenoxy) is 3. The zero-order valence-corrected chi connectivity index (χ0v) is 22.2. The van der Waals surface area contributed by atoms with Crippen molar-refractivity contribution in [3.05, 3.63) is 101 Å². The van der Waals surface area contributed by atoms with E-state index in [1.807, 2.05) is 48.5 Å². The summed E-state index contributed by atoms with van der Waals surface area (Å²) in [5, 5.41) is 15.8. The second-order valence-corrected chi connectivity index (χ2v) is 9.56. The Hall–Kier alpha value is -4.68. The van der Waals surface area contributed by atoms with Crippen LogP contribution in [-0.4, -0.2) is 36.5 Å². The van der Waals surface area contributed by atoms with Crippen LogP contribution in [0.1, 0.15) is 43.0 Å². The molecule has 1 atom stereocenters. The summed E-state index contributed by atoms with van der Waals surface area (Å²) in [4.78, 5) is 25.1. The minimum Gasteiger partial charge on any atom is -0.489 e. The molecule has 0 aliphatic carbocycles. The van der Waals surface area contributed by atoms with E-state index < -0.39 is 23.6 Å². The molecule has 3 rings (SSSR count). The van der Waals surface area contributed by atoms with E-state index in [2.05, 4.69) is 21.9 Å². The average Bonchev–Trinajstić information content (AvgIpc) is 2.91. The third-order valence-electron chi connectivity index (χ3n) is 5.20. The van der Waals surface area contributed by atoms with Gasteiger partial charge in [0.15, 0.2) is 0 Å². The molecule has 3 aromatic carbocycles. The largest absolute Gasteiger partial charge is 0.489 e. The number of rotatable bonds is 11. The summed E-state index contributed by atoms with van der Waals surface area (Å²) in [6, 6.07) is 25.0. The van der Waals surface area contributed by atoms with Crippen molar-refractivity contribution in [2.45, 2.75) is 45.6 Å². The van der Waals surface area contributed by atoms with E-state index in [-0.39, 0.29) is 19.8 Å². The molecule has 0 aliphatic rings. The molecule has 9 nitrogen and oxygen atoms in total. The molecule has 0 fully saturated rings. The van der Waals surface area contributed by atoms with Gasteiger partial charge in [0, 0.05) is 5.56 Å². The molecule has 39 heavy (non-hydrogen) atoms. The first-order valence-corrected chi connectivity index (χ1v) is 12.4. The predicted octanol–water partition coefficient (Wildman–Crippen LogP) is 4.70. The Kier molecular flexibility index (Phi) is 10.6. The second kappa shape index (κ2) is 14.3. The van der Waals surface area contributed by atoms with Crippen LogP contribution in [0.4, 0.5) is 4.79 Å². The fourth-order valence-corrected chi connectivity index (χ4v) is 3.32. The molecular formula is C30H32N4O5. The van der Waals surface area contributed by atoms with Gasteiger partial charge in [-0.05, 0) is 62.2 Å². The molecular weight excluding hydrogens is 496 g/mol. The molecule has 0 saturated heterocycles. The minimum atomic E-state index is -1.02. The van der Waals surface area contributed by atoms with Crippen molar-refractivity contribution in [1.82, 2.24) is 10.7 Å². The maximum absolute atomic E-state index is 12.8. The van der Waals surface area contributed by atoms with E-state index in [1.165, 1.54) is 6.21 Å². The van der Waals surface area contributed by atoms with Gasteiger partial charge in [0.05, 0.1) is 31.1 Å². The van der Waals surface area contributed by atoms with Crippen LogP contribution < -0.4 is 15.5 Å². The van der Waals surface area contributed by atoms with E-state index in [1.54, 1.807) is 51.1 Å². The van der Waals surface area contributed by atoms with Crippen LogP contribution in [0.25, 0.3) is 0 Å². The van der Waals surface area contributed by atoms with Crippen LogP contribution in [0.15, 0.2) is 84.0 Å². The number of benzene rings is 3. The summed E-state index contributed by atoms with van der Waals surface area (Å²) < 4.78 is 16.7. The van der Waals surface area contributed by atoms with Gasteiger partial charge >= 0.3 is 6.09 Å². The highest BCUT2D eigenvalue weighted by atomic mass is 16.6. The zero-order valence-electron chi connectivity index (χ0n) is 22.2. The molecule has 0 unspecified atom stereocenters. The van der Waals surface area contributed by atoms with Crippen molar-refractivity contribution >= 4 is 18.2 Å². The number of carbonyl (C=O) groups excluding carboxylic acids is 2. The molecule has 0 aromatic heterocycles. The Balaban J connectivity index is 1.54. The standard InChI is InChI=1S/C30H32N4O5/c1-30(2,3)39-29(36)33-27(21-37-19-23-9-5-4-6-10-23)28(35)34-32-18-22-13-15-26(16-14-22)38-20-25-12-8-7-11-24(25)17-31/h4-16,18,27H,19-21H2,1-3H3,(H,33,36)(H,34,35)/b32-18-/t27-/m0/s1. The quantitative estimate of drug-likeness (QED) is 0.275. The molecule has 3 aromatic rings. The number of hydrogen-bond acceptors (Lipinski definition) is 7. The van der Waals surface area contributed by atoms with Crippen LogP contribution >= 0.6 is 0 Å². The number of hydrogen-bond donors (Lipinski definition) is 2. The highest BCUT2D eigenvalue weighted by Gasteiger charge is 2.24. The van der Waals surface area contributed by atoms with Gasteiger partial charge in [0.25, 0.3) is 5.91 Å². The SMILES string of the molecule is CC(C)(C)OC(=O)N[C@@H](COCc1ccccc1)C(=O)N/N=C\c1ccc(OCc2ccccc2C#N)cc1. The topological polar surface area (TPSA) is 122 Å². The van der Waals surface area contributed by atoms with Crippen molar-refractivity contribution in [2.75, 3.05) is 6.61 Å². The van der Waals surface area contributed by atoms with Crippen LogP contribution in [0.5, 0.6) is 5.75 Å². The van der Waals surface area contributed by atoms with E-state index in [0.29, 0.717) is 11.3 Å². The first-order chi connectivity index (χ1) is 18.7. The number of nitrogens with zero attached hydrogens (tertiary/aromatic N) is 2. The highest BCUT2D eigenvalue weighted by Crippen LogP contribution is 2.15. The van der Waals surface area contributed by atoms with Gasteiger partial charge in [-0.15, -0.1) is 0 Å². The molecule has 202 valence electrons. The summed E-state index contributed by atoms with van der Waals surface area (Å²) in [6.07, 6.45) is 0.741. The Morgan fingerprint density at radius 1 is 0.974 bits per heavy atom. The third-order valence-corrected chi connectivity index (χ3v) is 5.20. The summed E-state index contributed by atoms with van der Waals surface area (Å²) in [7, 11) is 0. The number of carbonyl (C=O) groups is 2.